The van der Waals surface area contributed by atoms with E-state index in [0.717, 1.165) is 6.07 Å². The van der Waals surface area contributed by atoms with Crippen molar-refractivity contribution >= 4 is 21.6 Å². The van der Waals surface area contributed by atoms with E-state index < -0.39 is 11.6 Å². The van der Waals surface area contributed by atoms with Crippen molar-refractivity contribution < 1.29 is 18.3 Å². The molecule has 0 bridgehead atoms. The minimum atomic E-state index is -1.07. The standard InChI is InChI=1S/C13H10BrF2NO2/c1-18-8-2-3-11(10(17)6-8)19-12-5-7(14)4-9(15)13(12)16/h2-6H,17H2,1H3. The number of nitrogen functional groups attached to an aromatic ring is 1. The zero-order valence-corrected chi connectivity index (χ0v) is 11.5. The highest BCUT2D eigenvalue weighted by Crippen LogP contribution is 2.34. The monoisotopic (exact) mass is 329 g/mol. The van der Waals surface area contributed by atoms with E-state index in [2.05, 4.69) is 15.9 Å². The van der Waals surface area contributed by atoms with Gasteiger partial charge in [-0.25, -0.2) is 4.39 Å². The summed E-state index contributed by atoms with van der Waals surface area (Å²) < 4.78 is 37.4. The molecule has 0 atom stereocenters. The second-order valence-corrected chi connectivity index (χ2v) is 4.62. The van der Waals surface area contributed by atoms with Crippen LogP contribution in [0.1, 0.15) is 0 Å². The number of methoxy groups -OCH3 is 1. The van der Waals surface area contributed by atoms with Crippen molar-refractivity contribution in [1.29, 1.82) is 0 Å². The van der Waals surface area contributed by atoms with Crippen molar-refractivity contribution in [3.05, 3.63) is 46.4 Å². The van der Waals surface area contributed by atoms with Crippen LogP contribution in [0.2, 0.25) is 0 Å². The number of halogens is 3. The van der Waals surface area contributed by atoms with Crippen molar-refractivity contribution in [2.45, 2.75) is 0 Å². The van der Waals surface area contributed by atoms with Gasteiger partial charge in [0.2, 0.25) is 5.82 Å². The maximum absolute atomic E-state index is 13.6. The molecule has 0 amide bonds. The highest BCUT2D eigenvalue weighted by atomic mass is 79.9. The summed E-state index contributed by atoms with van der Waals surface area (Å²) in [5.74, 6) is -1.55. The molecule has 0 saturated carbocycles. The Hall–Kier alpha value is -1.82. The number of hydrogen-bond acceptors (Lipinski definition) is 3. The van der Waals surface area contributed by atoms with E-state index in [1.807, 2.05) is 0 Å². The largest absolute Gasteiger partial charge is 0.497 e. The Labute approximate surface area is 117 Å². The van der Waals surface area contributed by atoms with Gasteiger partial charge in [-0.3, -0.25) is 0 Å². The van der Waals surface area contributed by atoms with Crippen LogP contribution in [0.5, 0.6) is 17.2 Å². The Morgan fingerprint density at radius 3 is 2.47 bits per heavy atom. The molecule has 0 spiro atoms. The minimum Gasteiger partial charge on any atom is -0.497 e. The van der Waals surface area contributed by atoms with Crippen LogP contribution in [-0.4, -0.2) is 7.11 Å². The van der Waals surface area contributed by atoms with Crippen molar-refractivity contribution in [3.8, 4) is 17.2 Å². The van der Waals surface area contributed by atoms with Gasteiger partial charge < -0.3 is 15.2 Å². The summed E-state index contributed by atoms with van der Waals surface area (Å²) in [6.45, 7) is 0. The van der Waals surface area contributed by atoms with E-state index in [4.69, 9.17) is 15.2 Å². The second-order valence-electron chi connectivity index (χ2n) is 3.71. The number of ether oxygens (including phenoxy) is 2. The first-order valence-electron chi connectivity index (χ1n) is 5.27. The van der Waals surface area contributed by atoms with Crippen molar-refractivity contribution in [2.24, 2.45) is 0 Å². The highest BCUT2D eigenvalue weighted by molar-refractivity contribution is 9.10. The highest BCUT2D eigenvalue weighted by Gasteiger charge is 2.13. The van der Waals surface area contributed by atoms with Gasteiger partial charge in [0.1, 0.15) is 5.75 Å². The molecule has 0 aromatic heterocycles. The molecular weight excluding hydrogens is 320 g/mol. The molecule has 0 radical (unpaired) electrons. The topological polar surface area (TPSA) is 44.5 Å². The quantitative estimate of drug-likeness (QED) is 0.680. The summed E-state index contributed by atoms with van der Waals surface area (Å²) in [5, 5.41) is 0. The number of nitrogens with two attached hydrogens (primary N) is 1. The van der Waals surface area contributed by atoms with Crippen LogP contribution in [0, 0.1) is 11.6 Å². The number of benzene rings is 2. The maximum Gasteiger partial charge on any atom is 0.201 e. The third-order valence-electron chi connectivity index (χ3n) is 2.40. The molecule has 2 N–H and O–H groups in total. The molecule has 0 unspecified atom stereocenters. The Balaban J connectivity index is 2.36. The van der Waals surface area contributed by atoms with Gasteiger partial charge in [-0.15, -0.1) is 0 Å². The predicted octanol–water partition coefficient (Wildman–Crippen LogP) is 4.11. The summed E-state index contributed by atoms with van der Waals surface area (Å²) >= 11 is 3.06. The first-order chi connectivity index (χ1) is 9.01. The fraction of sp³-hybridized carbons (Fsp3) is 0.0769. The second kappa shape index (κ2) is 5.44. The van der Waals surface area contributed by atoms with Crippen LogP contribution in [0.3, 0.4) is 0 Å². The molecule has 3 nitrogen and oxygen atoms in total. The minimum absolute atomic E-state index is 0.220. The maximum atomic E-state index is 13.6. The number of hydrogen-bond donors (Lipinski definition) is 1. The molecule has 0 heterocycles. The van der Waals surface area contributed by atoms with Crippen LogP contribution in [0.4, 0.5) is 14.5 Å². The lowest BCUT2D eigenvalue weighted by Crippen LogP contribution is -1.96. The fourth-order valence-corrected chi connectivity index (χ4v) is 1.88. The molecule has 2 aromatic rings. The molecule has 0 aliphatic rings. The summed E-state index contributed by atoms with van der Waals surface area (Å²) in [5.41, 5.74) is 6.00. The van der Waals surface area contributed by atoms with Crippen molar-refractivity contribution in [3.63, 3.8) is 0 Å². The van der Waals surface area contributed by atoms with Crippen LogP contribution in [-0.2, 0) is 0 Å². The zero-order chi connectivity index (χ0) is 14.0. The first-order valence-corrected chi connectivity index (χ1v) is 6.06. The third-order valence-corrected chi connectivity index (χ3v) is 2.85. The average molecular weight is 330 g/mol. The van der Waals surface area contributed by atoms with Crippen LogP contribution >= 0.6 is 15.9 Å². The molecular formula is C13H10BrF2NO2. The smallest absolute Gasteiger partial charge is 0.201 e. The Bertz CT molecular complexity index is 620. The van der Waals surface area contributed by atoms with Gasteiger partial charge in [0.25, 0.3) is 0 Å². The van der Waals surface area contributed by atoms with E-state index in [-0.39, 0.29) is 17.2 Å². The average Bonchev–Trinajstić information content (AvgIpc) is 2.37. The van der Waals surface area contributed by atoms with Gasteiger partial charge in [0, 0.05) is 10.5 Å². The summed E-state index contributed by atoms with van der Waals surface area (Å²) in [4.78, 5) is 0. The van der Waals surface area contributed by atoms with Crippen LogP contribution in [0.15, 0.2) is 34.8 Å². The lowest BCUT2D eigenvalue weighted by molar-refractivity contribution is 0.407. The molecule has 100 valence electrons. The lowest BCUT2D eigenvalue weighted by atomic mass is 10.2. The first kappa shape index (κ1) is 13.6. The van der Waals surface area contributed by atoms with Crippen molar-refractivity contribution in [2.75, 3.05) is 12.8 Å². The Morgan fingerprint density at radius 2 is 1.84 bits per heavy atom. The van der Waals surface area contributed by atoms with Gasteiger partial charge in [0.15, 0.2) is 17.3 Å². The van der Waals surface area contributed by atoms with E-state index in [1.54, 1.807) is 6.07 Å². The Kier molecular flexibility index (Phi) is 3.90. The molecule has 19 heavy (non-hydrogen) atoms. The SMILES string of the molecule is COc1ccc(Oc2cc(Br)cc(F)c2F)c(N)c1. The fourth-order valence-electron chi connectivity index (χ4n) is 1.47. The summed E-state index contributed by atoms with van der Waals surface area (Å²) in [6.07, 6.45) is 0. The molecule has 0 fully saturated rings. The third kappa shape index (κ3) is 2.96. The normalized spacial score (nSPS) is 10.3. The van der Waals surface area contributed by atoms with E-state index in [9.17, 15) is 8.78 Å². The van der Waals surface area contributed by atoms with Gasteiger partial charge in [-0.2, -0.15) is 4.39 Å². The molecule has 0 aliphatic heterocycles. The summed E-state index contributed by atoms with van der Waals surface area (Å²) in [7, 11) is 1.50. The van der Waals surface area contributed by atoms with Gasteiger partial charge in [-0.05, 0) is 24.3 Å². The van der Waals surface area contributed by atoms with E-state index >= 15 is 0 Å². The predicted molar refractivity (Wildman–Crippen MR) is 71.5 cm³/mol. The Morgan fingerprint density at radius 1 is 1.11 bits per heavy atom. The van der Waals surface area contributed by atoms with Gasteiger partial charge in [0.05, 0.1) is 12.8 Å². The van der Waals surface area contributed by atoms with Crippen LogP contribution in [0.25, 0.3) is 0 Å². The molecule has 2 aromatic carbocycles. The van der Waals surface area contributed by atoms with E-state index in [1.165, 1.54) is 25.3 Å². The molecule has 0 aliphatic carbocycles. The summed E-state index contributed by atoms with van der Waals surface area (Å²) in [6, 6.07) is 6.99. The van der Waals surface area contributed by atoms with Crippen LogP contribution < -0.4 is 15.2 Å². The van der Waals surface area contributed by atoms with E-state index in [0.29, 0.717) is 10.2 Å². The number of rotatable bonds is 3. The molecule has 6 heteroatoms. The molecule has 0 saturated heterocycles. The van der Waals surface area contributed by atoms with Crippen molar-refractivity contribution in [1.82, 2.24) is 0 Å². The van der Waals surface area contributed by atoms with Gasteiger partial charge >= 0.3 is 0 Å². The molecule has 2 rings (SSSR count). The number of anilines is 1. The zero-order valence-electron chi connectivity index (χ0n) is 9.91. The van der Waals surface area contributed by atoms with Gasteiger partial charge in [-0.1, -0.05) is 15.9 Å². The lowest BCUT2D eigenvalue weighted by Gasteiger charge is -2.11.